The van der Waals surface area contributed by atoms with Crippen molar-refractivity contribution in [1.29, 1.82) is 0 Å². The van der Waals surface area contributed by atoms with Crippen molar-refractivity contribution in [3.63, 3.8) is 0 Å². The molecule has 4 N–H and O–H groups in total. The summed E-state index contributed by atoms with van der Waals surface area (Å²) in [5.74, 6) is -1.02. The Morgan fingerprint density at radius 3 is 2.83 bits per heavy atom. The lowest BCUT2D eigenvalue weighted by Crippen LogP contribution is -2.27. The smallest absolute Gasteiger partial charge is 0.259 e. The van der Waals surface area contributed by atoms with E-state index in [0.29, 0.717) is 16.8 Å². The lowest BCUT2D eigenvalue weighted by atomic mass is 9.77. The molecule has 2 aliphatic heterocycles. The summed E-state index contributed by atoms with van der Waals surface area (Å²) in [4.78, 5) is 32.6. The van der Waals surface area contributed by atoms with Gasteiger partial charge in [-0.15, -0.1) is 0 Å². The van der Waals surface area contributed by atoms with E-state index in [-0.39, 0.29) is 23.8 Å². The molecule has 6 nitrogen and oxygen atoms in total. The summed E-state index contributed by atoms with van der Waals surface area (Å²) in [6.45, 7) is 0. The van der Waals surface area contributed by atoms with Gasteiger partial charge in [-0.25, -0.2) is 0 Å². The fraction of sp³-hybridized carbons (Fsp3) is 0.118. The van der Waals surface area contributed by atoms with Gasteiger partial charge in [-0.1, -0.05) is 18.2 Å². The zero-order valence-electron chi connectivity index (χ0n) is 12.0. The summed E-state index contributed by atoms with van der Waals surface area (Å²) in [5, 5.41) is 3.34. The topological polar surface area (TPSA) is 100 Å². The Morgan fingerprint density at radius 1 is 1.13 bits per heavy atom. The summed E-state index contributed by atoms with van der Waals surface area (Å²) < 4.78 is 0. The molecule has 0 saturated carbocycles. The minimum Gasteiger partial charge on any atom is -0.398 e. The Bertz CT molecular complexity index is 1010. The van der Waals surface area contributed by atoms with Gasteiger partial charge in [-0.3, -0.25) is 19.9 Å². The zero-order valence-corrected chi connectivity index (χ0v) is 12.0. The van der Waals surface area contributed by atoms with E-state index in [4.69, 9.17) is 5.73 Å². The maximum Gasteiger partial charge on any atom is 0.259 e. The monoisotopic (exact) mass is 304 g/mol. The van der Waals surface area contributed by atoms with E-state index >= 15 is 0 Å². The van der Waals surface area contributed by atoms with Crippen molar-refractivity contribution >= 4 is 34.5 Å². The van der Waals surface area contributed by atoms with Crippen LogP contribution in [0.15, 0.2) is 46.6 Å². The van der Waals surface area contributed by atoms with Crippen LogP contribution < -0.4 is 11.1 Å². The maximum absolute atomic E-state index is 12.4. The molecule has 2 atom stereocenters. The van der Waals surface area contributed by atoms with Crippen molar-refractivity contribution in [2.24, 2.45) is 16.6 Å². The zero-order chi connectivity index (χ0) is 15.7. The minimum absolute atomic E-state index is 0.264. The highest BCUT2D eigenvalue weighted by Gasteiger charge is 2.46. The number of allylic oxidation sites excluding steroid dienone is 1. The third kappa shape index (κ3) is 1.45. The number of aromatic nitrogens is 1. The molecule has 3 heterocycles. The van der Waals surface area contributed by atoms with Gasteiger partial charge in [-0.2, -0.15) is 0 Å². The Morgan fingerprint density at radius 2 is 1.96 bits per heavy atom. The second-order valence-electron chi connectivity index (χ2n) is 5.95. The molecule has 23 heavy (non-hydrogen) atoms. The Kier molecular flexibility index (Phi) is 2.15. The number of nitrogens with two attached hydrogens (primary N) is 1. The number of amides is 2. The fourth-order valence-corrected chi connectivity index (χ4v) is 3.78. The van der Waals surface area contributed by atoms with Crippen LogP contribution in [0.3, 0.4) is 0 Å². The Labute approximate surface area is 130 Å². The lowest BCUT2D eigenvalue weighted by molar-refractivity contribution is -0.123. The Hall–Kier alpha value is -3.15. The highest BCUT2D eigenvalue weighted by molar-refractivity contribution is 6.38. The van der Waals surface area contributed by atoms with E-state index < -0.39 is 0 Å². The summed E-state index contributed by atoms with van der Waals surface area (Å²) in [6, 6.07) is 7.48. The summed E-state index contributed by atoms with van der Waals surface area (Å²) in [7, 11) is 0. The second-order valence-corrected chi connectivity index (χ2v) is 5.95. The molecular formula is C17H12N4O2. The van der Waals surface area contributed by atoms with E-state index in [1.807, 2.05) is 24.3 Å². The number of imide groups is 1. The van der Waals surface area contributed by atoms with Crippen LogP contribution in [0.2, 0.25) is 0 Å². The quantitative estimate of drug-likeness (QED) is 0.637. The summed E-state index contributed by atoms with van der Waals surface area (Å²) >= 11 is 0. The van der Waals surface area contributed by atoms with Crippen molar-refractivity contribution in [3.05, 3.63) is 52.9 Å². The van der Waals surface area contributed by atoms with Gasteiger partial charge in [0.25, 0.3) is 11.8 Å². The van der Waals surface area contributed by atoms with Crippen LogP contribution in [0.4, 0.5) is 0 Å². The van der Waals surface area contributed by atoms with Crippen LogP contribution in [-0.2, 0) is 9.59 Å². The number of H-pyrrole nitrogens is 1. The highest BCUT2D eigenvalue weighted by Crippen LogP contribution is 2.49. The number of benzene rings is 1. The molecule has 0 spiro atoms. The minimum atomic E-state index is -0.351. The van der Waals surface area contributed by atoms with Crippen molar-refractivity contribution < 1.29 is 9.59 Å². The van der Waals surface area contributed by atoms with Crippen LogP contribution in [-0.4, -0.2) is 23.0 Å². The number of rotatable bonds is 0. The van der Waals surface area contributed by atoms with E-state index in [1.165, 1.54) is 0 Å². The number of hydrogen-bond acceptors (Lipinski definition) is 4. The average Bonchev–Trinajstić information content (AvgIpc) is 3.05. The van der Waals surface area contributed by atoms with Gasteiger partial charge in [0.15, 0.2) is 0 Å². The van der Waals surface area contributed by atoms with E-state index in [1.54, 1.807) is 12.3 Å². The van der Waals surface area contributed by atoms with Crippen molar-refractivity contribution in [2.45, 2.75) is 6.04 Å². The SMILES string of the molecule is NC1=CC2C3=C(C(=O)NC3=O)c3c([nH]c4ccccc34)C2N=C1. The molecule has 2 aromatic rings. The van der Waals surface area contributed by atoms with Crippen LogP contribution in [0.5, 0.6) is 0 Å². The predicted molar refractivity (Wildman–Crippen MR) is 85.4 cm³/mol. The number of fused-ring (bicyclic) bond motifs is 7. The fourth-order valence-electron chi connectivity index (χ4n) is 3.78. The maximum atomic E-state index is 12.4. The molecule has 5 rings (SSSR count). The number of aliphatic imine (C=N–C) groups is 1. The van der Waals surface area contributed by atoms with Crippen LogP contribution >= 0.6 is 0 Å². The highest BCUT2D eigenvalue weighted by atomic mass is 16.2. The lowest BCUT2D eigenvalue weighted by Gasteiger charge is -2.29. The molecule has 0 radical (unpaired) electrons. The summed E-state index contributed by atoms with van der Waals surface area (Å²) in [5.41, 5.74) is 9.86. The normalized spacial score (nSPS) is 25.1. The van der Waals surface area contributed by atoms with E-state index in [9.17, 15) is 9.59 Å². The number of carbonyl (C=O) groups excluding carboxylic acids is 2. The van der Waals surface area contributed by atoms with Gasteiger partial charge in [-0.05, 0) is 12.1 Å². The standard InChI is InChI=1S/C17H12N4O2/c18-7-5-9-12-13(17(23)21-16(12)22)11-8-3-1-2-4-10(8)20-15(11)14(9)19-6-7/h1-6,9,14,20H,18H2,(H,21,22,23). The largest absolute Gasteiger partial charge is 0.398 e. The van der Waals surface area contributed by atoms with Crippen molar-refractivity contribution in [1.82, 2.24) is 10.3 Å². The number of para-hydroxylation sites is 1. The van der Waals surface area contributed by atoms with Gasteiger partial charge in [0.1, 0.15) is 6.04 Å². The number of carbonyl (C=O) groups is 2. The molecule has 1 aromatic heterocycles. The van der Waals surface area contributed by atoms with Gasteiger partial charge in [0.2, 0.25) is 0 Å². The van der Waals surface area contributed by atoms with Gasteiger partial charge >= 0.3 is 0 Å². The molecular weight excluding hydrogens is 292 g/mol. The first-order valence-corrected chi connectivity index (χ1v) is 7.36. The number of aromatic amines is 1. The molecule has 0 fully saturated rings. The van der Waals surface area contributed by atoms with Crippen LogP contribution in [0.25, 0.3) is 16.5 Å². The van der Waals surface area contributed by atoms with Crippen molar-refractivity contribution in [3.8, 4) is 0 Å². The van der Waals surface area contributed by atoms with Gasteiger partial charge < -0.3 is 10.7 Å². The number of nitrogens with one attached hydrogen (secondary N) is 2. The first-order chi connectivity index (χ1) is 11.1. The molecule has 3 aliphatic rings. The molecule has 6 heteroatoms. The number of hydrogen-bond donors (Lipinski definition) is 3. The first-order valence-electron chi connectivity index (χ1n) is 7.36. The number of dihydropyridines is 1. The summed E-state index contributed by atoms with van der Waals surface area (Å²) in [6.07, 6.45) is 3.41. The van der Waals surface area contributed by atoms with Gasteiger partial charge in [0, 0.05) is 45.6 Å². The second kappa shape index (κ2) is 3.98. The molecule has 0 bridgehead atoms. The van der Waals surface area contributed by atoms with E-state index in [0.717, 1.165) is 22.2 Å². The third-order valence-corrected chi connectivity index (χ3v) is 4.68. The van der Waals surface area contributed by atoms with E-state index in [2.05, 4.69) is 15.3 Å². The van der Waals surface area contributed by atoms with Crippen molar-refractivity contribution in [2.75, 3.05) is 0 Å². The molecule has 1 aromatic carbocycles. The van der Waals surface area contributed by atoms with Crippen LogP contribution in [0.1, 0.15) is 17.3 Å². The predicted octanol–water partition coefficient (Wildman–Crippen LogP) is 1.18. The third-order valence-electron chi connectivity index (χ3n) is 4.68. The van der Waals surface area contributed by atoms with Crippen LogP contribution in [0, 0.1) is 5.92 Å². The average molecular weight is 304 g/mol. The molecule has 2 amide bonds. The molecule has 112 valence electrons. The first kappa shape index (κ1) is 12.4. The molecule has 1 aliphatic carbocycles. The molecule has 0 saturated heterocycles. The Balaban J connectivity index is 1.91. The molecule has 2 unspecified atom stereocenters. The number of nitrogens with zero attached hydrogens (tertiary/aromatic N) is 1. The van der Waals surface area contributed by atoms with Gasteiger partial charge in [0.05, 0.1) is 5.57 Å².